The largest absolute Gasteiger partial charge is 0.341 e. The van der Waals surface area contributed by atoms with Gasteiger partial charge in [0.2, 0.25) is 15.7 Å². The number of benzene rings is 1. The van der Waals surface area contributed by atoms with Crippen LogP contribution in [0.1, 0.15) is 19.0 Å². The number of thioether (sulfide) groups is 1. The number of H-pyrrole nitrogens is 1. The van der Waals surface area contributed by atoms with Crippen molar-refractivity contribution in [2.45, 2.75) is 35.6 Å². The van der Waals surface area contributed by atoms with Crippen molar-refractivity contribution < 1.29 is 22.0 Å². The molecule has 1 aromatic carbocycles. The maximum absolute atomic E-state index is 12.5. The van der Waals surface area contributed by atoms with Crippen molar-refractivity contribution in [3.05, 3.63) is 46.4 Å². The molecule has 0 unspecified atom stereocenters. The summed E-state index contributed by atoms with van der Waals surface area (Å²) < 4.78 is 47.7. The first-order valence-corrected chi connectivity index (χ1v) is 10.4. The Bertz CT molecular complexity index is 960. The average molecular weight is 417 g/mol. The van der Waals surface area contributed by atoms with Crippen LogP contribution >= 0.6 is 11.8 Å². The molecule has 0 radical (unpaired) electrons. The SMILES string of the molecule is CCCc1cc(=O)[nH]c(SCC(=O)Nc2ccc(S(=O)(=O)C(F)F)cc2)n1. The van der Waals surface area contributed by atoms with Gasteiger partial charge in [0, 0.05) is 17.4 Å². The number of amides is 1. The lowest BCUT2D eigenvalue weighted by Gasteiger charge is -2.07. The fraction of sp³-hybridized carbons (Fsp3) is 0.312. The molecule has 2 rings (SSSR count). The second-order valence-electron chi connectivity index (χ2n) is 5.46. The van der Waals surface area contributed by atoms with Gasteiger partial charge in [-0.05, 0) is 30.7 Å². The van der Waals surface area contributed by atoms with E-state index in [1.807, 2.05) is 6.92 Å². The molecule has 146 valence electrons. The number of rotatable bonds is 8. The second-order valence-corrected chi connectivity index (χ2v) is 8.34. The lowest BCUT2D eigenvalue weighted by Crippen LogP contribution is -2.16. The first-order valence-electron chi connectivity index (χ1n) is 7.87. The average Bonchev–Trinajstić information content (AvgIpc) is 2.60. The molecule has 0 saturated heterocycles. The number of carbonyl (C=O) groups is 1. The number of aromatic nitrogens is 2. The molecule has 0 aliphatic carbocycles. The van der Waals surface area contributed by atoms with Crippen molar-refractivity contribution in [1.82, 2.24) is 9.97 Å². The lowest BCUT2D eigenvalue weighted by atomic mass is 10.2. The van der Waals surface area contributed by atoms with E-state index in [-0.39, 0.29) is 17.0 Å². The zero-order valence-electron chi connectivity index (χ0n) is 14.2. The standard InChI is InChI=1S/C16H17F2N3O4S2/c1-2-3-11-8-13(22)21-16(20-11)26-9-14(23)19-10-4-6-12(7-5-10)27(24,25)15(17)18/h4-8,15H,2-3,9H2,1H3,(H,19,23)(H,20,21,22). The fourth-order valence-electron chi connectivity index (χ4n) is 2.10. The lowest BCUT2D eigenvalue weighted by molar-refractivity contribution is -0.113. The van der Waals surface area contributed by atoms with E-state index in [1.54, 1.807) is 0 Å². The Balaban J connectivity index is 1.97. The Kier molecular flexibility index (Phi) is 7.08. The number of nitrogens with one attached hydrogen (secondary N) is 2. The highest BCUT2D eigenvalue weighted by atomic mass is 32.2. The highest BCUT2D eigenvalue weighted by Crippen LogP contribution is 2.20. The van der Waals surface area contributed by atoms with Crippen molar-refractivity contribution in [3.63, 3.8) is 0 Å². The molecule has 0 aliphatic rings. The molecule has 1 heterocycles. The predicted molar refractivity (Wildman–Crippen MR) is 97.8 cm³/mol. The third-order valence-corrected chi connectivity index (χ3v) is 5.59. The number of aromatic amines is 1. The number of anilines is 1. The monoisotopic (exact) mass is 417 g/mol. The van der Waals surface area contributed by atoms with Crippen molar-refractivity contribution in [2.24, 2.45) is 0 Å². The molecule has 2 aromatic rings. The number of carbonyl (C=O) groups excluding carboxylic acids is 1. The van der Waals surface area contributed by atoms with Crippen molar-refractivity contribution in [3.8, 4) is 0 Å². The minimum Gasteiger partial charge on any atom is -0.325 e. The van der Waals surface area contributed by atoms with Crippen LogP contribution in [0.4, 0.5) is 14.5 Å². The summed E-state index contributed by atoms with van der Waals surface area (Å²) in [5.74, 6) is -3.98. The fourth-order valence-corrected chi connectivity index (χ4v) is 3.51. The van der Waals surface area contributed by atoms with Gasteiger partial charge in [-0.1, -0.05) is 25.1 Å². The minimum atomic E-state index is -4.67. The van der Waals surface area contributed by atoms with Gasteiger partial charge in [0.1, 0.15) is 0 Å². The van der Waals surface area contributed by atoms with E-state index in [0.717, 1.165) is 30.3 Å². The van der Waals surface area contributed by atoms with E-state index in [2.05, 4.69) is 15.3 Å². The van der Waals surface area contributed by atoms with Crippen molar-refractivity contribution in [2.75, 3.05) is 11.1 Å². The van der Waals surface area contributed by atoms with Crippen LogP contribution in [-0.2, 0) is 21.1 Å². The van der Waals surface area contributed by atoms with E-state index < -0.39 is 26.4 Å². The van der Waals surface area contributed by atoms with E-state index in [9.17, 15) is 26.8 Å². The normalized spacial score (nSPS) is 11.6. The van der Waals surface area contributed by atoms with Crippen LogP contribution in [-0.4, -0.2) is 35.8 Å². The van der Waals surface area contributed by atoms with Crippen molar-refractivity contribution in [1.29, 1.82) is 0 Å². The Morgan fingerprint density at radius 2 is 1.96 bits per heavy atom. The van der Waals surface area contributed by atoms with Crippen LogP contribution in [0.5, 0.6) is 0 Å². The molecule has 0 aliphatic heterocycles. The molecular weight excluding hydrogens is 400 g/mol. The first kappa shape index (κ1) is 21.0. The zero-order valence-corrected chi connectivity index (χ0v) is 15.9. The van der Waals surface area contributed by atoms with E-state index in [0.29, 0.717) is 17.3 Å². The number of hydrogen-bond donors (Lipinski definition) is 2. The first-order chi connectivity index (χ1) is 12.7. The summed E-state index contributed by atoms with van der Waals surface area (Å²) in [5, 5.41) is 2.83. The number of aryl methyl sites for hydroxylation is 1. The highest BCUT2D eigenvalue weighted by Gasteiger charge is 2.26. The van der Waals surface area contributed by atoms with Crippen LogP contribution in [0.2, 0.25) is 0 Å². The molecule has 11 heteroatoms. The Hall–Kier alpha value is -2.27. The van der Waals surface area contributed by atoms with E-state index in [1.165, 1.54) is 18.2 Å². The van der Waals surface area contributed by atoms with Gasteiger partial charge in [0.25, 0.3) is 5.56 Å². The van der Waals surface area contributed by atoms with Crippen LogP contribution in [0, 0.1) is 0 Å². The van der Waals surface area contributed by atoms with Gasteiger partial charge in [0.15, 0.2) is 5.16 Å². The quantitative estimate of drug-likeness (QED) is 0.504. The molecular formula is C16H17F2N3O4S2. The summed E-state index contributed by atoms with van der Waals surface area (Å²) in [6.45, 7) is 1.96. The highest BCUT2D eigenvalue weighted by molar-refractivity contribution is 7.99. The second kappa shape index (κ2) is 9.09. The van der Waals surface area contributed by atoms with Gasteiger partial charge in [-0.25, -0.2) is 13.4 Å². The van der Waals surface area contributed by atoms with Gasteiger partial charge >= 0.3 is 5.76 Å². The van der Waals surface area contributed by atoms with Crippen LogP contribution < -0.4 is 10.9 Å². The van der Waals surface area contributed by atoms with Crippen LogP contribution in [0.25, 0.3) is 0 Å². The predicted octanol–water partition coefficient (Wildman–Crippen LogP) is 2.45. The molecule has 0 atom stereocenters. The minimum absolute atomic E-state index is 0.0460. The summed E-state index contributed by atoms with van der Waals surface area (Å²) in [5.41, 5.74) is 0.599. The molecule has 1 amide bonds. The number of alkyl halides is 2. The van der Waals surface area contributed by atoms with E-state index >= 15 is 0 Å². The molecule has 0 fully saturated rings. The van der Waals surface area contributed by atoms with Gasteiger partial charge in [-0.3, -0.25) is 9.59 Å². The third kappa shape index (κ3) is 5.86. The Labute approximate surface area is 158 Å². The molecule has 27 heavy (non-hydrogen) atoms. The molecule has 0 saturated carbocycles. The zero-order chi connectivity index (χ0) is 20.0. The maximum atomic E-state index is 12.5. The third-order valence-electron chi connectivity index (χ3n) is 3.32. The summed E-state index contributed by atoms with van der Waals surface area (Å²) in [6, 6.07) is 5.84. The molecule has 0 spiro atoms. The topological polar surface area (TPSA) is 109 Å². The molecule has 1 aromatic heterocycles. The van der Waals surface area contributed by atoms with Crippen molar-refractivity contribution >= 4 is 33.2 Å². The summed E-state index contributed by atoms with van der Waals surface area (Å²) in [7, 11) is -4.67. The van der Waals surface area contributed by atoms with Gasteiger partial charge < -0.3 is 10.3 Å². The molecule has 7 nitrogen and oxygen atoms in total. The van der Waals surface area contributed by atoms with Gasteiger partial charge in [0.05, 0.1) is 10.6 Å². The Morgan fingerprint density at radius 3 is 2.56 bits per heavy atom. The van der Waals surface area contributed by atoms with Crippen LogP contribution in [0.15, 0.2) is 45.2 Å². The summed E-state index contributed by atoms with van der Waals surface area (Å²) >= 11 is 1.04. The molecule has 2 N–H and O–H groups in total. The summed E-state index contributed by atoms with van der Waals surface area (Å²) in [6.07, 6.45) is 1.48. The summed E-state index contributed by atoms with van der Waals surface area (Å²) in [4.78, 5) is 29.8. The van der Waals surface area contributed by atoms with Crippen LogP contribution in [0.3, 0.4) is 0 Å². The van der Waals surface area contributed by atoms with Gasteiger partial charge in [-0.15, -0.1) is 0 Å². The number of nitrogens with zero attached hydrogens (tertiary/aromatic N) is 1. The maximum Gasteiger partial charge on any atom is 0.341 e. The Morgan fingerprint density at radius 1 is 1.30 bits per heavy atom. The number of hydrogen-bond acceptors (Lipinski definition) is 6. The molecule has 0 bridgehead atoms. The number of sulfone groups is 1. The number of halogens is 2. The van der Waals surface area contributed by atoms with E-state index in [4.69, 9.17) is 0 Å². The smallest absolute Gasteiger partial charge is 0.325 e. The van der Waals surface area contributed by atoms with Gasteiger partial charge in [-0.2, -0.15) is 8.78 Å².